The van der Waals surface area contributed by atoms with Crippen LogP contribution in [0.4, 0.5) is 0 Å². The summed E-state index contributed by atoms with van der Waals surface area (Å²) in [6.07, 6.45) is -0.129. The van der Waals surface area contributed by atoms with E-state index in [0.717, 1.165) is 0 Å². The second-order valence-corrected chi connectivity index (χ2v) is 14.9. The molecule has 0 unspecified atom stereocenters. The van der Waals surface area contributed by atoms with Crippen molar-refractivity contribution in [2.75, 3.05) is 0 Å². The van der Waals surface area contributed by atoms with Crippen LogP contribution in [0.15, 0.2) is 212 Å². The van der Waals surface area contributed by atoms with Crippen LogP contribution in [0.2, 0.25) is 0 Å². The molecule has 0 N–H and O–H groups in total. The van der Waals surface area contributed by atoms with Crippen molar-refractivity contribution in [3.05, 3.63) is 231 Å². The molecule has 0 aromatic heterocycles. The number of rotatable bonds is 7. The first-order valence-electron chi connectivity index (χ1n) is 15.5. The Balaban J connectivity index is 0.000000171. The Labute approximate surface area is 301 Å². The van der Waals surface area contributed by atoms with Crippen LogP contribution in [0.1, 0.15) is 5.56 Å². The average Bonchev–Trinajstić information content (AvgIpc) is 3.15. The quantitative estimate of drug-likeness (QED) is 0.115. The minimum Gasteiger partial charge on any atom is -0.221 e. The third kappa shape index (κ3) is 11.0. The SMILES string of the molecule is [CH2][C]([O])c1ccccc1.[Rh].c1ccc(P(c2ccccc2)c2ccccc2)cc1.c1ccc(P(c2ccccc2)c2ccccc2)cc1. The fourth-order valence-electron chi connectivity index (χ4n) is 4.98. The van der Waals surface area contributed by atoms with Crippen LogP contribution in [-0.2, 0) is 24.6 Å². The van der Waals surface area contributed by atoms with Gasteiger partial charge in [0.15, 0.2) is 6.10 Å². The van der Waals surface area contributed by atoms with Gasteiger partial charge in [0.1, 0.15) is 0 Å². The molecule has 0 spiro atoms. The first-order chi connectivity index (χ1) is 23.2. The van der Waals surface area contributed by atoms with Gasteiger partial charge in [0, 0.05) is 19.5 Å². The molecule has 7 aromatic rings. The molecule has 238 valence electrons. The van der Waals surface area contributed by atoms with Crippen LogP contribution in [0, 0.1) is 13.0 Å². The minimum atomic E-state index is -0.446. The summed E-state index contributed by atoms with van der Waals surface area (Å²) in [6.45, 7) is 3.27. The number of hydrogen-bond donors (Lipinski definition) is 0. The number of benzene rings is 7. The number of hydrogen-bond acceptors (Lipinski definition) is 0. The molecule has 0 fully saturated rings. The predicted molar refractivity (Wildman–Crippen MR) is 205 cm³/mol. The molecule has 1 nitrogen and oxygen atoms in total. The monoisotopic (exact) mass is 746 g/mol. The maximum Gasteiger partial charge on any atom is 0.165 e. The van der Waals surface area contributed by atoms with Crippen LogP contribution in [0.3, 0.4) is 0 Å². The van der Waals surface area contributed by atoms with E-state index < -0.39 is 15.8 Å². The van der Waals surface area contributed by atoms with Crippen LogP contribution in [0.25, 0.3) is 0 Å². The molecule has 48 heavy (non-hydrogen) atoms. The van der Waals surface area contributed by atoms with E-state index in [1.54, 1.807) is 12.1 Å². The Hall–Kier alpha value is -4.02. The first-order valence-corrected chi connectivity index (χ1v) is 18.2. The third-order valence-corrected chi connectivity index (χ3v) is 12.1. The summed E-state index contributed by atoms with van der Waals surface area (Å²) in [4.78, 5) is 0. The van der Waals surface area contributed by atoms with Crippen molar-refractivity contribution in [3.63, 3.8) is 0 Å². The molecule has 0 heterocycles. The molecule has 0 saturated heterocycles. The van der Waals surface area contributed by atoms with Gasteiger partial charge in [-0.25, -0.2) is 5.11 Å². The van der Waals surface area contributed by atoms with E-state index in [-0.39, 0.29) is 25.6 Å². The standard InChI is InChI=1S/2C18H15P.C8H7O.Rh/c2*1-4-10-16(11-5-1)19(17-12-6-2-7-13-17)18-14-8-3-9-15-18;1-7(9)8-5-3-2-4-6-8;/h2*1-15H;2-6H,1H2;. The van der Waals surface area contributed by atoms with Crippen molar-refractivity contribution >= 4 is 47.7 Å². The summed E-state index contributed by atoms with van der Waals surface area (Å²) in [6, 6.07) is 73.6. The zero-order valence-corrected chi connectivity index (χ0v) is 30.0. The summed E-state index contributed by atoms with van der Waals surface area (Å²) in [7, 11) is -0.892. The molecule has 7 aromatic carbocycles. The van der Waals surface area contributed by atoms with Gasteiger partial charge in [-0.1, -0.05) is 212 Å². The average molecular weight is 747 g/mol. The molecular formula is C44H37OP2Rh. The molecule has 0 bridgehead atoms. The van der Waals surface area contributed by atoms with Crippen molar-refractivity contribution in [1.29, 1.82) is 0 Å². The summed E-state index contributed by atoms with van der Waals surface area (Å²) in [5, 5.41) is 18.9. The molecule has 0 atom stereocenters. The van der Waals surface area contributed by atoms with Gasteiger partial charge in [0.25, 0.3) is 0 Å². The van der Waals surface area contributed by atoms with Gasteiger partial charge in [-0.05, 0) is 60.2 Å². The summed E-state index contributed by atoms with van der Waals surface area (Å²) < 4.78 is 0. The van der Waals surface area contributed by atoms with E-state index in [4.69, 9.17) is 0 Å². The topological polar surface area (TPSA) is 19.9 Å². The molecule has 0 saturated carbocycles. The molecule has 4 heteroatoms. The Bertz CT molecular complexity index is 1520. The van der Waals surface area contributed by atoms with Crippen LogP contribution in [-0.4, -0.2) is 0 Å². The van der Waals surface area contributed by atoms with E-state index in [0.29, 0.717) is 5.56 Å². The van der Waals surface area contributed by atoms with E-state index in [1.165, 1.54) is 31.8 Å². The fourth-order valence-corrected chi connectivity index (χ4v) is 9.59. The van der Waals surface area contributed by atoms with Crippen LogP contribution >= 0.6 is 15.8 Å². The van der Waals surface area contributed by atoms with Gasteiger partial charge in [0.05, 0.1) is 0 Å². The third-order valence-electron chi connectivity index (χ3n) is 7.18. The van der Waals surface area contributed by atoms with Crippen LogP contribution < -0.4 is 31.8 Å². The normalized spacial score (nSPS) is 10.3. The van der Waals surface area contributed by atoms with Crippen molar-refractivity contribution in [1.82, 2.24) is 0 Å². The largest absolute Gasteiger partial charge is 0.221 e. The van der Waals surface area contributed by atoms with Crippen molar-refractivity contribution in [2.24, 2.45) is 0 Å². The van der Waals surface area contributed by atoms with Crippen molar-refractivity contribution in [3.8, 4) is 0 Å². The predicted octanol–water partition coefficient (Wildman–Crippen LogP) is 8.72. The second-order valence-electron chi connectivity index (χ2n) is 10.5. The van der Waals surface area contributed by atoms with E-state index >= 15 is 0 Å². The zero-order valence-electron chi connectivity index (χ0n) is 26.6. The van der Waals surface area contributed by atoms with E-state index in [2.05, 4.69) is 189 Å². The van der Waals surface area contributed by atoms with Crippen molar-refractivity contribution in [2.45, 2.75) is 0 Å². The molecule has 4 radical (unpaired) electrons. The van der Waals surface area contributed by atoms with Crippen LogP contribution in [0.5, 0.6) is 0 Å². The maximum atomic E-state index is 10.5. The van der Waals surface area contributed by atoms with Gasteiger partial charge >= 0.3 is 0 Å². The molecule has 0 aliphatic rings. The van der Waals surface area contributed by atoms with Gasteiger partial charge in [0.2, 0.25) is 0 Å². The van der Waals surface area contributed by atoms with Gasteiger partial charge < -0.3 is 0 Å². The molecule has 0 aliphatic heterocycles. The summed E-state index contributed by atoms with van der Waals surface area (Å²) in [5.74, 6) is 0. The molecular weight excluding hydrogens is 709 g/mol. The van der Waals surface area contributed by atoms with Crippen molar-refractivity contribution < 1.29 is 24.6 Å². The van der Waals surface area contributed by atoms with E-state index in [1.807, 2.05) is 18.2 Å². The maximum absolute atomic E-state index is 10.5. The van der Waals surface area contributed by atoms with Gasteiger partial charge in [-0.2, -0.15) is 0 Å². The minimum absolute atomic E-state index is 0. The first kappa shape index (κ1) is 36.8. The Morgan fingerprint density at radius 2 is 0.479 bits per heavy atom. The van der Waals surface area contributed by atoms with Gasteiger partial charge in [-0.15, -0.1) is 0 Å². The Morgan fingerprint density at radius 3 is 0.625 bits per heavy atom. The fraction of sp³-hybridized carbons (Fsp3) is 0. The molecule has 0 amide bonds. The smallest absolute Gasteiger partial charge is 0.165 e. The Morgan fingerprint density at radius 1 is 0.312 bits per heavy atom. The second kappa shape index (κ2) is 20.4. The summed E-state index contributed by atoms with van der Waals surface area (Å²) >= 11 is 0. The van der Waals surface area contributed by atoms with E-state index in [9.17, 15) is 5.11 Å². The molecule has 7 rings (SSSR count). The van der Waals surface area contributed by atoms with Gasteiger partial charge in [-0.3, -0.25) is 0 Å². The Kier molecular flexibility index (Phi) is 15.6. The zero-order chi connectivity index (χ0) is 32.5. The summed E-state index contributed by atoms with van der Waals surface area (Å²) in [5.41, 5.74) is 0.664. The molecule has 0 aliphatic carbocycles.